The molecule has 0 aliphatic heterocycles. The summed E-state index contributed by atoms with van der Waals surface area (Å²) in [7, 11) is 0. The lowest BCUT2D eigenvalue weighted by atomic mass is 10.0. The van der Waals surface area contributed by atoms with Crippen LogP contribution in [0.2, 0.25) is 0 Å². The van der Waals surface area contributed by atoms with E-state index in [0.717, 1.165) is 70.6 Å². The van der Waals surface area contributed by atoms with Crippen molar-refractivity contribution in [2.24, 2.45) is 0 Å². The Kier molecular flexibility index (Phi) is 45.8. The molecular weight excluding hydrogens is 721 g/mol. The zero-order chi connectivity index (χ0) is 42.3. The molecule has 6 nitrogen and oxygen atoms in total. The van der Waals surface area contributed by atoms with Gasteiger partial charge in [-0.15, -0.1) is 0 Å². The van der Waals surface area contributed by atoms with E-state index in [1.54, 1.807) is 0 Å². The Morgan fingerprint density at radius 2 is 0.569 bits per heavy atom. The van der Waals surface area contributed by atoms with E-state index in [0.29, 0.717) is 19.3 Å². The molecule has 0 heterocycles. The van der Waals surface area contributed by atoms with Gasteiger partial charge >= 0.3 is 17.9 Å². The Labute approximate surface area is 360 Å². The molecule has 0 aromatic rings. The molecule has 0 N–H and O–H groups in total. The van der Waals surface area contributed by atoms with E-state index in [1.165, 1.54) is 161 Å². The highest BCUT2D eigenvalue weighted by Crippen LogP contribution is 2.15. The van der Waals surface area contributed by atoms with Gasteiger partial charge in [0.2, 0.25) is 0 Å². The third kappa shape index (κ3) is 45.0. The summed E-state index contributed by atoms with van der Waals surface area (Å²) in [5.41, 5.74) is 0. The minimum atomic E-state index is -0.773. The molecule has 6 heteroatoms. The minimum absolute atomic E-state index is 0.0737. The summed E-state index contributed by atoms with van der Waals surface area (Å²) in [5.74, 6) is -0.881. The second-order valence-corrected chi connectivity index (χ2v) is 17.1. The van der Waals surface area contributed by atoms with Crippen molar-refractivity contribution in [3.63, 3.8) is 0 Å². The van der Waals surface area contributed by atoms with E-state index in [9.17, 15) is 14.4 Å². The van der Waals surface area contributed by atoms with Crippen LogP contribution in [0.3, 0.4) is 0 Å². The van der Waals surface area contributed by atoms with E-state index >= 15 is 0 Å². The number of esters is 3. The Morgan fingerprint density at radius 3 is 0.879 bits per heavy atom. The standard InChI is InChI=1S/C52H96O6/c1-4-7-10-13-16-19-22-25-26-28-31-34-37-40-43-46-52(55)58-49(47-56-50(53)44-41-38-35-32-29-24-21-18-15-12-9-6-3)48-57-51(54)45-42-39-36-33-30-27-23-20-17-14-11-8-5-2/h20,23,25-26,49H,4-19,21-22,24,27-48H2,1-3H3. The highest BCUT2D eigenvalue weighted by molar-refractivity contribution is 5.71. The number of rotatable bonds is 46. The molecule has 0 saturated carbocycles. The molecule has 0 aromatic carbocycles. The molecular formula is C52H96O6. The zero-order valence-corrected chi connectivity index (χ0v) is 38.8. The van der Waals surface area contributed by atoms with E-state index in [-0.39, 0.29) is 31.1 Å². The molecule has 0 spiro atoms. The first-order chi connectivity index (χ1) is 28.5. The smallest absolute Gasteiger partial charge is 0.306 e. The number of hydrogen-bond acceptors (Lipinski definition) is 6. The summed E-state index contributed by atoms with van der Waals surface area (Å²) in [6.45, 7) is 6.62. The van der Waals surface area contributed by atoms with E-state index in [4.69, 9.17) is 14.2 Å². The number of unbranched alkanes of at least 4 members (excludes halogenated alkanes) is 31. The Morgan fingerprint density at radius 1 is 0.328 bits per heavy atom. The predicted molar refractivity (Wildman–Crippen MR) is 247 cm³/mol. The maximum atomic E-state index is 12.8. The summed E-state index contributed by atoms with van der Waals surface area (Å²) in [4.78, 5) is 37.9. The second kappa shape index (κ2) is 47.6. The molecule has 0 fully saturated rings. The number of hydrogen-bond donors (Lipinski definition) is 0. The van der Waals surface area contributed by atoms with Gasteiger partial charge in [-0.3, -0.25) is 14.4 Å². The molecule has 1 unspecified atom stereocenters. The van der Waals surface area contributed by atoms with Gasteiger partial charge in [-0.25, -0.2) is 0 Å². The van der Waals surface area contributed by atoms with Crippen molar-refractivity contribution in [3.8, 4) is 0 Å². The largest absolute Gasteiger partial charge is 0.462 e. The van der Waals surface area contributed by atoms with Gasteiger partial charge in [-0.1, -0.05) is 206 Å². The van der Waals surface area contributed by atoms with Crippen molar-refractivity contribution < 1.29 is 28.6 Å². The van der Waals surface area contributed by atoms with Crippen LogP contribution in [0.5, 0.6) is 0 Å². The summed E-state index contributed by atoms with van der Waals surface area (Å²) < 4.78 is 16.8. The quantitative estimate of drug-likeness (QED) is 0.0263. The highest BCUT2D eigenvalue weighted by atomic mass is 16.6. The summed E-state index contributed by atoms with van der Waals surface area (Å²) in [6.07, 6.45) is 53.0. The maximum Gasteiger partial charge on any atom is 0.306 e. The van der Waals surface area contributed by atoms with Crippen LogP contribution < -0.4 is 0 Å². The van der Waals surface area contributed by atoms with Crippen LogP contribution in [0.15, 0.2) is 24.3 Å². The van der Waals surface area contributed by atoms with Crippen LogP contribution >= 0.6 is 0 Å². The second-order valence-electron chi connectivity index (χ2n) is 17.1. The third-order valence-corrected chi connectivity index (χ3v) is 11.2. The molecule has 1 atom stereocenters. The first kappa shape index (κ1) is 55.9. The van der Waals surface area contributed by atoms with Gasteiger partial charge in [0, 0.05) is 19.3 Å². The van der Waals surface area contributed by atoms with Crippen LogP contribution in [0, 0.1) is 0 Å². The van der Waals surface area contributed by atoms with E-state index in [2.05, 4.69) is 45.1 Å². The van der Waals surface area contributed by atoms with Gasteiger partial charge in [-0.05, 0) is 70.6 Å². The van der Waals surface area contributed by atoms with Crippen molar-refractivity contribution in [2.75, 3.05) is 13.2 Å². The lowest BCUT2D eigenvalue weighted by Gasteiger charge is -2.18. The van der Waals surface area contributed by atoms with Crippen molar-refractivity contribution in [1.29, 1.82) is 0 Å². The van der Waals surface area contributed by atoms with Crippen LogP contribution in [-0.2, 0) is 28.6 Å². The molecule has 0 aromatic heterocycles. The molecule has 0 aliphatic rings. The van der Waals surface area contributed by atoms with Gasteiger partial charge in [0.25, 0.3) is 0 Å². The number of carbonyl (C=O) groups excluding carboxylic acids is 3. The van der Waals surface area contributed by atoms with Crippen LogP contribution in [0.4, 0.5) is 0 Å². The molecule has 340 valence electrons. The van der Waals surface area contributed by atoms with E-state index in [1.807, 2.05) is 0 Å². The normalized spacial score (nSPS) is 12.1. The van der Waals surface area contributed by atoms with Crippen LogP contribution in [-0.4, -0.2) is 37.2 Å². The fourth-order valence-electron chi connectivity index (χ4n) is 7.31. The van der Waals surface area contributed by atoms with Crippen molar-refractivity contribution in [3.05, 3.63) is 24.3 Å². The summed E-state index contributed by atoms with van der Waals surface area (Å²) >= 11 is 0. The molecule has 0 amide bonds. The SMILES string of the molecule is CCCCCCC=CCCCCCCCC(=O)OCC(COC(=O)CCCCCCCCCCCCCC)OC(=O)CCCCCCCC=CCCCCCCCC. The first-order valence-corrected chi connectivity index (χ1v) is 25.3. The van der Waals surface area contributed by atoms with Gasteiger partial charge in [-0.2, -0.15) is 0 Å². The minimum Gasteiger partial charge on any atom is -0.462 e. The Hall–Kier alpha value is -2.11. The molecule has 58 heavy (non-hydrogen) atoms. The van der Waals surface area contributed by atoms with Crippen molar-refractivity contribution >= 4 is 17.9 Å². The summed E-state index contributed by atoms with van der Waals surface area (Å²) in [6, 6.07) is 0. The number of ether oxygens (including phenoxy) is 3. The Balaban J connectivity index is 4.37. The lowest BCUT2D eigenvalue weighted by molar-refractivity contribution is -0.167. The van der Waals surface area contributed by atoms with Gasteiger partial charge < -0.3 is 14.2 Å². The molecule has 0 radical (unpaired) electrons. The van der Waals surface area contributed by atoms with Crippen LogP contribution in [0.1, 0.15) is 271 Å². The molecule has 0 saturated heterocycles. The highest BCUT2D eigenvalue weighted by Gasteiger charge is 2.19. The predicted octanol–water partition coefficient (Wildman–Crippen LogP) is 16.4. The van der Waals surface area contributed by atoms with Crippen LogP contribution in [0.25, 0.3) is 0 Å². The lowest BCUT2D eigenvalue weighted by Crippen LogP contribution is -2.30. The number of allylic oxidation sites excluding steroid dienone is 4. The third-order valence-electron chi connectivity index (χ3n) is 11.2. The van der Waals surface area contributed by atoms with Crippen molar-refractivity contribution in [2.45, 2.75) is 277 Å². The molecule has 0 rings (SSSR count). The fourth-order valence-corrected chi connectivity index (χ4v) is 7.31. The summed E-state index contributed by atoms with van der Waals surface area (Å²) in [5, 5.41) is 0. The topological polar surface area (TPSA) is 78.9 Å². The zero-order valence-electron chi connectivity index (χ0n) is 38.8. The molecule has 0 bridgehead atoms. The van der Waals surface area contributed by atoms with E-state index < -0.39 is 6.10 Å². The first-order valence-electron chi connectivity index (χ1n) is 25.3. The maximum absolute atomic E-state index is 12.8. The van der Waals surface area contributed by atoms with Gasteiger partial charge in [0.1, 0.15) is 13.2 Å². The fraction of sp³-hybridized carbons (Fsp3) is 0.865. The Bertz CT molecular complexity index is 942. The van der Waals surface area contributed by atoms with Gasteiger partial charge in [0.05, 0.1) is 0 Å². The molecule has 0 aliphatic carbocycles. The monoisotopic (exact) mass is 817 g/mol. The van der Waals surface area contributed by atoms with Crippen molar-refractivity contribution in [1.82, 2.24) is 0 Å². The average Bonchev–Trinajstić information content (AvgIpc) is 3.22. The van der Waals surface area contributed by atoms with Gasteiger partial charge in [0.15, 0.2) is 6.10 Å². The number of carbonyl (C=O) groups is 3. The average molecular weight is 817 g/mol.